The first kappa shape index (κ1) is 21.6. The summed E-state index contributed by atoms with van der Waals surface area (Å²) in [5, 5.41) is 6.32. The van der Waals surface area contributed by atoms with E-state index in [-0.39, 0.29) is 24.2 Å². The number of halogens is 1. The van der Waals surface area contributed by atoms with Crippen molar-refractivity contribution in [2.45, 2.75) is 25.3 Å². The summed E-state index contributed by atoms with van der Waals surface area (Å²) in [6, 6.07) is 25.9. The highest BCUT2D eigenvalue weighted by molar-refractivity contribution is 6.33. The molecule has 0 fully saturated rings. The second-order valence-corrected chi connectivity index (χ2v) is 7.64. The highest BCUT2D eigenvalue weighted by Gasteiger charge is 2.20. The van der Waals surface area contributed by atoms with Crippen LogP contribution in [0.5, 0.6) is 0 Å². The van der Waals surface area contributed by atoms with Crippen LogP contribution in [-0.4, -0.2) is 18.4 Å². The monoisotopic (exact) mass is 420 g/mol. The Morgan fingerprint density at radius 3 is 2.03 bits per heavy atom. The van der Waals surface area contributed by atoms with Crippen molar-refractivity contribution in [1.82, 2.24) is 10.6 Å². The maximum atomic E-state index is 12.8. The smallest absolute Gasteiger partial charge is 0.253 e. The van der Waals surface area contributed by atoms with Gasteiger partial charge >= 0.3 is 0 Å². The molecule has 0 aliphatic heterocycles. The number of hydrogen-bond donors (Lipinski definition) is 2. The number of carbonyl (C=O) groups excluding carboxylic acids is 2. The van der Waals surface area contributed by atoms with Crippen molar-refractivity contribution < 1.29 is 9.59 Å². The van der Waals surface area contributed by atoms with Crippen molar-refractivity contribution in [2.75, 3.05) is 6.54 Å². The van der Waals surface area contributed by atoms with E-state index in [2.05, 4.69) is 17.6 Å². The molecule has 2 N–H and O–H groups in total. The van der Waals surface area contributed by atoms with Gasteiger partial charge in [-0.15, -0.1) is 0 Å². The van der Waals surface area contributed by atoms with Crippen molar-refractivity contribution in [2.24, 2.45) is 0 Å². The van der Waals surface area contributed by atoms with Crippen LogP contribution in [0.15, 0.2) is 84.9 Å². The second kappa shape index (κ2) is 10.6. The van der Waals surface area contributed by atoms with E-state index < -0.39 is 6.04 Å². The topological polar surface area (TPSA) is 58.2 Å². The zero-order chi connectivity index (χ0) is 21.3. The van der Waals surface area contributed by atoms with Crippen molar-refractivity contribution in [3.63, 3.8) is 0 Å². The molecule has 0 aliphatic carbocycles. The molecule has 154 valence electrons. The lowest BCUT2D eigenvalue weighted by atomic mass is 10.0. The van der Waals surface area contributed by atoms with E-state index in [9.17, 15) is 9.59 Å². The standard InChI is InChI=1S/C25H25ClN2O2/c1-18(19-10-4-2-5-11-19)17-27-24(29)16-23(20-12-6-3-7-13-20)28-25(30)21-14-8-9-15-22(21)26/h2-15,18,23H,16-17H2,1H3,(H,27,29)(H,28,30)/t18-,23+/m0/s1. The van der Waals surface area contributed by atoms with Crippen LogP contribution in [0.2, 0.25) is 5.02 Å². The Bertz CT molecular complexity index is 977. The minimum atomic E-state index is -0.456. The van der Waals surface area contributed by atoms with Crippen LogP contribution in [0.3, 0.4) is 0 Å². The summed E-state index contributed by atoms with van der Waals surface area (Å²) in [7, 11) is 0. The lowest BCUT2D eigenvalue weighted by Crippen LogP contribution is -2.35. The summed E-state index contributed by atoms with van der Waals surface area (Å²) < 4.78 is 0. The lowest BCUT2D eigenvalue weighted by molar-refractivity contribution is -0.121. The van der Waals surface area contributed by atoms with Crippen molar-refractivity contribution >= 4 is 23.4 Å². The summed E-state index contributed by atoms with van der Waals surface area (Å²) in [4.78, 5) is 25.4. The molecule has 3 aromatic rings. The summed E-state index contributed by atoms with van der Waals surface area (Å²) in [6.45, 7) is 2.60. The van der Waals surface area contributed by atoms with E-state index in [1.54, 1.807) is 24.3 Å². The highest BCUT2D eigenvalue weighted by Crippen LogP contribution is 2.20. The van der Waals surface area contributed by atoms with Crippen LogP contribution in [0.4, 0.5) is 0 Å². The van der Waals surface area contributed by atoms with Crippen LogP contribution in [0.25, 0.3) is 0 Å². The molecular formula is C25H25ClN2O2. The lowest BCUT2D eigenvalue weighted by Gasteiger charge is -2.20. The van der Waals surface area contributed by atoms with E-state index in [4.69, 9.17) is 11.6 Å². The van der Waals surface area contributed by atoms with Crippen molar-refractivity contribution in [1.29, 1.82) is 0 Å². The third-order valence-corrected chi connectivity index (χ3v) is 5.32. The molecule has 0 saturated heterocycles. The number of amides is 2. The van der Waals surface area contributed by atoms with Gasteiger partial charge in [-0.2, -0.15) is 0 Å². The Morgan fingerprint density at radius 2 is 1.40 bits per heavy atom. The van der Waals surface area contributed by atoms with Gasteiger partial charge in [-0.05, 0) is 29.2 Å². The molecule has 0 saturated carbocycles. The average Bonchev–Trinajstić information content (AvgIpc) is 2.78. The maximum absolute atomic E-state index is 12.8. The van der Waals surface area contributed by atoms with Crippen LogP contribution < -0.4 is 10.6 Å². The SMILES string of the molecule is C[C@@H](CNC(=O)C[C@@H](NC(=O)c1ccccc1Cl)c1ccccc1)c1ccccc1. The molecular weight excluding hydrogens is 396 g/mol. The minimum Gasteiger partial charge on any atom is -0.355 e. The number of rotatable bonds is 8. The van der Waals surface area contributed by atoms with Gasteiger partial charge in [0.25, 0.3) is 5.91 Å². The molecule has 2 atom stereocenters. The molecule has 0 radical (unpaired) electrons. The van der Waals surface area contributed by atoms with Gasteiger partial charge < -0.3 is 10.6 Å². The van der Waals surface area contributed by atoms with Gasteiger partial charge in [0.2, 0.25) is 5.91 Å². The normalized spacial score (nSPS) is 12.6. The van der Waals surface area contributed by atoms with E-state index in [0.717, 1.165) is 5.56 Å². The van der Waals surface area contributed by atoms with Gasteiger partial charge in [-0.3, -0.25) is 9.59 Å². The molecule has 0 unspecified atom stereocenters. The number of carbonyl (C=O) groups is 2. The number of benzene rings is 3. The zero-order valence-electron chi connectivity index (χ0n) is 16.8. The first-order valence-corrected chi connectivity index (χ1v) is 10.3. The van der Waals surface area contributed by atoms with Gasteiger partial charge in [-0.1, -0.05) is 91.3 Å². The summed E-state index contributed by atoms with van der Waals surface area (Å²) in [5.74, 6) is -0.228. The molecule has 30 heavy (non-hydrogen) atoms. The predicted molar refractivity (Wildman–Crippen MR) is 121 cm³/mol. The van der Waals surface area contributed by atoms with Gasteiger partial charge in [-0.25, -0.2) is 0 Å². The molecule has 0 aliphatic rings. The van der Waals surface area contributed by atoms with Crippen molar-refractivity contribution in [3.05, 3.63) is 107 Å². The van der Waals surface area contributed by atoms with Crippen LogP contribution in [0.1, 0.15) is 46.8 Å². The number of nitrogens with one attached hydrogen (secondary N) is 2. The van der Waals surface area contributed by atoms with Gasteiger partial charge in [0.1, 0.15) is 0 Å². The molecule has 0 bridgehead atoms. The van der Waals surface area contributed by atoms with Crippen LogP contribution in [-0.2, 0) is 4.79 Å². The van der Waals surface area contributed by atoms with Crippen LogP contribution >= 0.6 is 11.6 Å². The molecule has 4 nitrogen and oxygen atoms in total. The van der Waals surface area contributed by atoms with Gasteiger partial charge in [0, 0.05) is 6.54 Å². The van der Waals surface area contributed by atoms with E-state index in [1.807, 2.05) is 60.7 Å². The Kier molecular flexibility index (Phi) is 7.63. The fourth-order valence-electron chi connectivity index (χ4n) is 3.24. The summed E-state index contributed by atoms with van der Waals surface area (Å²) in [6.07, 6.45) is 0.141. The molecule has 3 rings (SSSR count). The fourth-order valence-corrected chi connectivity index (χ4v) is 3.46. The maximum Gasteiger partial charge on any atom is 0.253 e. The average molecular weight is 421 g/mol. The minimum absolute atomic E-state index is 0.119. The van der Waals surface area contributed by atoms with E-state index in [0.29, 0.717) is 17.1 Å². The largest absolute Gasteiger partial charge is 0.355 e. The molecule has 0 aromatic heterocycles. The number of hydrogen-bond acceptors (Lipinski definition) is 2. The Labute approximate surface area is 182 Å². The predicted octanol–water partition coefficient (Wildman–Crippen LogP) is 5.12. The van der Waals surface area contributed by atoms with Crippen LogP contribution in [0, 0.1) is 0 Å². The summed E-state index contributed by atoms with van der Waals surface area (Å²) in [5.41, 5.74) is 2.42. The molecule has 2 amide bonds. The van der Waals surface area contributed by atoms with E-state index in [1.165, 1.54) is 5.56 Å². The Balaban J connectivity index is 1.66. The first-order valence-electron chi connectivity index (χ1n) is 9.96. The van der Waals surface area contributed by atoms with Crippen molar-refractivity contribution in [3.8, 4) is 0 Å². The molecule has 0 spiro atoms. The molecule has 3 aromatic carbocycles. The molecule has 0 heterocycles. The van der Waals surface area contributed by atoms with Gasteiger partial charge in [0.15, 0.2) is 0 Å². The van der Waals surface area contributed by atoms with E-state index >= 15 is 0 Å². The second-order valence-electron chi connectivity index (χ2n) is 7.24. The first-order chi connectivity index (χ1) is 14.5. The third-order valence-electron chi connectivity index (χ3n) is 4.99. The quantitative estimate of drug-likeness (QED) is 0.531. The fraction of sp³-hybridized carbons (Fsp3) is 0.200. The highest BCUT2D eigenvalue weighted by atomic mass is 35.5. The summed E-state index contributed by atoms with van der Waals surface area (Å²) >= 11 is 6.16. The zero-order valence-corrected chi connectivity index (χ0v) is 17.6. The Hall–Kier alpha value is -3.11. The molecule has 5 heteroatoms. The van der Waals surface area contributed by atoms with Gasteiger partial charge in [0.05, 0.1) is 23.0 Å². The third kappa shape index (κ3) is 5.94. The Morgan fingerprint density at radius 1 is 0.833 bits per heavy atom.